The lowest BCUT2D eigenvalue weighted by Crippen LogP contribution is -2.47. The molecule has 0 saturated carbocycles. The molecule has 0 aromatic carbocycles. The van der Waals surface area contributed by atoms with E-state index in [1.54, 1.807) is 0 Å². The van der Waals surface area contributed by atoms with E-state index in [1.165, 1.54) is 225 Å². The summed E-state index contributed by atoms with van der Waals surface area (Å²) in [5.41, 5.74) is 0. The molecule has 9 nitrogen and oxygen atoms in total. The summed E-state index contributed by atoms with van der Waals surface area (Å²) in [4.78, 5) is 37.9. The predicted molar refractivity (Wildman–Crippen MR) is 369 cm³/mol. The largest absolute Gasteiger partial charge is 0.472 e. The summed E-state index contributed by atoms with van der Waals surface area (Å²) in [5, 5.41) is 3.07. The average molecular weight is 1210 g/mol. The lowest BCUT2D eigenvalue weighted by Gasteiger charge is -2.27. The zero-order valence-corrected chi connectivity index (χ0v) is 58.0. The summed E-state index contributed by atoms with van der Waals surface area (Å²) in [6, 6.07) is -0.857. The van der Waals surface area contributed by atoms with E-state index < -0.39 is 20.0 Å². The van der Waals surface area contributed by atoms with Gasteiger partial charge in [0.15, 0.2) is 0 Å². The molecule has 0 radical (unpaired) electrons. The first-order valence-electron chi connectivity index (χ1n) is 36.6. The number of hydrogen-bond acceptors (Lipinski definition) is 6. The third kappa shape index (κ3) is 66.0. The number of rotatable bonds is 67. The van der Waals surface area contributed by atoms with Crippen molar-refractivity contribution in [1.29, 1.82) is 0 Å². The number of hydrogen-bond donors (Lipinski definition) is 2. The maximum Gasteiger partial charge on any atom is 0.472 e. The first kappa shape index (κ1) is 82.7. The van der Waals surface area contributed by atoms with Crippen LogP contribution in [0.15, 0.2) is 60.8 Å². The minimum atomic E-state index is -4.46. The van der Waals surface area contributed by atoms with Crippen molar-refractivity contribution in [3.63, 3.8) is 0 Å². The van der Waals surface area contributed by atoms with Crippen molar-refractivity contribution in [3.05, 3.63) is 60.8 Å². The summed E-state index contributed by atoms with van der Waals surface area (Å²) in [5.74, 6) is -0.513. The molecule has 0 aliphatic heterocycles. The van der Waals surface area contributed by atoms with Crippen LogP contribution >= 0.6 is 7.82 Å². The van der Waals surface area contributed by atoms with Gasteiger partial charge in [-0.3, -0.25) is 18.6 Å². The highest BCUT2D eigenvalue weighted by Crippen LogP contribution is 2.43. The second-order valence-electron chi connectivity index (χ2n) is 26.1. The fraction of sp³-hybridized carbons (Fsp3) is 0.840. The molecule has 0 aliphatic carbocycles. The molecule has 0 spiro atoms. The maximum atomic E-state index is 13.6. The minimum Gasteiger partial charge on any atom is -0.456 e. The molecule has 0 aliphatic rings. The standard InChI is InChI=1S/C75H141N2O7P/c1-7-10-13-16-19-22-25-27-29-31-33-35-36-37-38-39-40-42-43-45-47-49-52-55-58-61-64-67-74(78)76-72(71-83-85(80,81)82-70-69-77(4,5)6)73(66-63-60-57-54-51-24-21-18-15-12-9-3)84-75(79)68-65-62-59-56-53-50-48-46-44-41-34-32-30-28-26-23-20-17-14-11-8-2/h20,23,28,30,34,41,46,48,63,66,72-73H,7-19,21-22,24-27,29,31-33,35-40,42-45,47,49-62,64-65,67-71H2,1-6H3,(H-,76,78,80,81)/p+1/b23-20-,30-28-,41-34-,48-46-,66-63+. The summed E-state index contributed by atoms with van der Waals surface area (Å²) >= 11 is 0. The Balaban J connectivity index is 4.98. The number of unbranched alkanes of at least 4 members (excludes halogenated alkanes) is 43. The molecule has 0 bridgehead atoms. The first-order chi connectivity index (χ1) is 41.4. The van der Waals surface area contributed by atoms with Gasteiger partial charge in [-0.05, 0) is 76.7 Å². The molecule has 1 amide bonds. The van der Waals surface area contributed by atoms with Gasteiger partial charge in [0.25, 0.3) is 0 Å². The van der Waals surface area contributed by atoms with E-state index >= 15 is 0 Å². The van der Waals surface area contributed by atoms with E-state index in [2.05, 4.69) is 74.7 Å². The summed E-state index contributed by atoms with van der Waals surface area (Å²) in [7, 11) is 1.49. The van der Waals surface area contributed by atoms with Crippen LogP contribution in [0, 0.1) is 0 Å². The van der Waals surface area contributed by atoms with Gasteiger partial charge < -0.3 is 19.4 Å². The third-order valence-electron chi connectivity index (χ3n) is 16.5. The number of carbonyl (C=O) groups is 2. The van der Waals surface area contributed by atoms with Gasteiger partial charge in [0.05, 0.1) is 33.8 Å². The molecule has 0 aromatic rings. The smallest absolute Gasteiger partial charge is 0.456 e. The summed E-state index contributed by atoms with van der Waals surface area (Å²) in [6.07, 6.45) is 83.9. The van der Waals surface area contributed by atoms with Crippen molar-refractivity contribution >= 4 is 19.7 Å². The van der Waals surface area contributed by atoms with Crippen molar-refractivity contribution < 1.29 is 37.3 Å². The Bertz CT molecular complexity index is 1640. The molecule has 2 N–H and O–H groups in total. The fourth-order valence-electron chi connectivity index (χ4n) is 10.8. The zero-order valence-electron chi connectivity index (χ0n) is 57.1. The van der Waals surface area contributed by atoms with Crippen LogP contribution in [-0.2, 0) is 27.9 Å². The number of amides is 1. The topological polar surface area (TPSA) is 111 Å². The zero-order chi connectivity index (χ0) is 62.1. The number of allylic oxidation sites excluding steroid dienone is 9. The highest BCUT2D eigenvalue weighted by atomic mass is 31.2. The van der Waals surface area contributed by atoms with Gasteiger partial charge in [-0.1, -0.05) is 326 Å². The van der Waals surface area contributed by atoms with Crippen LogP contribution in [0.4, 0.5) is 0 Å². The number of carbonyl (C=O) groups excluding carboxylic acids is 2. The second kappa shape index (κ2) is 64.7. The quantitative estimate of drug-likeness (QED) is 0.0205. The highest BCUT2D eigenvalue weighted by molar-refractivity contribution is 7.47. The van der Waals surface area contributed by atoms with Crippen molar-refractivity contribution in [2.75, 3.05) is 40.9 Å². The van der Waals surface area contributed by atoms with Crippen molar-refractivity contribution in [1.82, 2.24) is 5.32 Å². The molecule has 0 rings (SSSR count). The van der Waals surface area contributed by atoms with Crippen molar-refractivity contribution in [3.8, 4) is 0 Å². The number of likely N-dealkylation sites (N-methyl/N-ethyl adjacent to an activating group) is 1. The van der Waals surface area contributed by atoms with Crippen molar-refractivity contribution in [2.45, 2.75) is 367 Å². The Morgan fingerprint density at radius 2 is 0.718 bits per heavy atom. The SMILES string of the molecule is CCCCC/C=C\C/C=C\C/C=C\C/C=C\CCCCCCCC(=O)OC(/C=C/CCCCCCCCCCC)C(COP(=O)(O)OCC[N+](C)(C)C)NC(=O)CCCCCCCCCCCCCCCCCCCCCCCCCCCCC. The van der Waals surface area contributed by atoms with Gasteiger partial charge in [0.1, 0.15) is 19.3 Å². The number of ether oxygens (including phenoxy) is 1. The fourth-order valence-corrected chi connectivity index (χ4v) is 11.5. The van der Waals surface area contributed by atoms with E-state index in [0.717, 1.165) is 96.3 Å². The monoisotopic (exact) mass is 1210 g/mol. The lowest BCUT2D eigenvalue weighted by molar-refractivity contribution is -0.870. The van der Waals surface area contributed by atoms with Gasteiger partial charge in [0, 0.05) is 12.8 Å². The van der Waals surface area contributed by atoms with Gasteiger partial charge in [-0.15, -0.1) is 0 Å². The van der Waals surface area contributed by atoms with Crippen molar-refractivity contribution in [2.24, 2.45) is 0 Å². The number of nitrogens with one attached hydrogen (secondary N) is 1. The Hall–Kier alpha value is -2.29. The third-order valence-corrected chi connectivity index (χ3v) is 17.4. The Labute approximate surface area is 528 Å². The number of esters is 1. The number of phosphoric acid groups is 1. The lowest BCUT2D eigenvalue weighted by atomic mass is 10.0. The van der Waals surface area contributed by atoms with Gasteiger partial charge in [0.2, 0.25) is 5.91 Å². The molecule has 0 fully saturated rings. The van der Waals surface area contributed by atoms with E-state index in [4.69, 9.17) is 13.8 Å². The number of phosphoric ester groups is 1. The van der Waals surface area contributed by atoms with E-state index in [0.29, 0.717) is 17.4 Å². The number of nitrogens with zero attached hydrogens (tertiary/aromatic N) is 1. The average Bonchev–Trinajstić information content (AvgIpc) is 3.63. The molecule has 0 aromatic heterocycles. The Morgan fingerprint density at radius 3 is 1.09 bits per heavy atom. The van der Waals surface area contributed by atoms with Crippen LogP contribution in [0.5, 0.6) is 0 Å². The highest BCUT2D eigenvalue weighted by Gasteiger charge is 2.30. The molecule has 3 unspecified atom stereocenters. The summed E-state index contributed by atoms with van der Waals surface area (Å²) < 4.78 is 30.8. The minimum absolute atomic E-state index is 0.0372. The predicted octanol–water partition coefficient (Wildman–Crippen LogP) is 23.3. The normalized spacial score (nSPS) is 13.8. The van der Waals surface area contributed by atoms with Gasteiger partial charge >= 0.3 is 13.8 Å². The molecule has 0 saturated heterocycles. The summed E-state index contributed by atoms with van der Waals surface area (Å²) in [6.45, 7) is 7.01. The second-order valence-corrected chi connectivity index (χ2v) is 27.6. The van der Waals surface area contributed by atoms with E-state index in [9.17, 15) is 19.0 Å². The number of quaternary nitrogens is 1. The van der Waals surface area contributed by atoms with Gasteiger partial charge in [-0.25, -0.2) is 4.57 Å². The molecule has 3 atom stereocenters. The molecule has 85 heavy (non-hydrogen) atoms. The maximum absolute atomic E-state index is 13.6. The van der Waals surface area contributed by atoms with Crippen LogP contribution in [0.3, 0.4) is 0 Å². The van der Waals surface area contributed by atoms with E-state index in [1.807, 2.05) is 33.3 Å². The Morgan fingerprint density at radius 1 is 0.412 bits per heavy atom. The van der Waals surface area contributed by atoms with Crippen LogP contribution in [0.25, 0.3) is 0 Å². The van der Waals surface area contributed by atoms with E-state index in [-0.39, 0.29) is 31.5 Å². The molecular weight excluding hydrogens is 1070 g/mol. The molecule has 10 heteroatoms. The molecule has 0 heterocycles. The first-order valence-corrected chi connectivity index (χ1v) is 38.1. The molecule has 498 valence electrons. The molecular formula is C75H142N2O7P+. The van der Waals surface area contributed by atoms with Crippen LogP contribution in [0.2, 0.25) is 0 Å². The Kier molecular flexibility index (Phi) is 62.9. The van der Waals surface area contributed by atoms with Crippen LogP contribution in [0.1, 0.15) is 355 Å². The van der Waals surface area contributed by atoms with Crippen LogP contribution in [-0.4, -0.2) is 74.3 Å². The van der Waals surface area contributed by atoms with Gasteiger partial charge in [-0.2, -0.15) is 0 Å². The van der Waals surface area contributed by atoms with Crippen LogP contribution < -0.4 is 5.32 Å².